The summed E-state index contributed by atoms with van der Waals surface area (Å²) in [6, 6.07) is 20.7. The molecule has 0 radical (unpaired) electrons. The van der Waals surface area contributed by atoms with E-state index in [1.165, 1.54) is 17.7 Å². The molecular formula is C29H31F3N2. The smallest absolute Gasteiger partial charge is 0.317 e. The van der Waals surface area contributed by atoms with Crippen molar-refractivity contribution in [2.45, 2.75) is 65.2 Å². The first-order valence-electron chi connectivity index (χ1n) is 12.2. The SMILES string of the molecule is CCC1c2ccccc2N2c3ccc(C(F)(F)F)cc3N(c3ccccc3C)C2C1(CC)CC. The summed E-state index contributed by atoms with van der Waals surface area (Å²) in [6.07, 6.45) is -1.66. The van der Waals surface area contributed by atoms with E-state index in [0.29, 0.717) is 11.6 Å². The highest BCUT2D eigenvalue weighted by Gasteiger charge is 2.57. The van der Waals surface area contributed by atoms with Crippen LogP contribution in [0.1, 0.15) is 62.6 Å². The molecule has 2 atom stereocenters. The van der Waals surface area contributed by atoms with Crippen LogP contribution in [0, 0.1) is 12.3 Å². The molecule has 0 fully saturated rings. The Morgan fingerprint density at radius 3 is 2.00 bits per heavy atom. The summed E-state index contributed by atoms with van der Waals surface area (Å²) in [4.78, 5) is 4.52. The zero-order chi connectivity index (χ0) is 24.3. The number of halogens is 3. The summed E-state index contributed by atoms with van der Waals surface area (Å²) in [6.45, 7) is 8.74. The van der Waals surface area contributed by atoms with Crippen LogP contribution in [-0.4, -0.2) is 6.17 Å². The van der Waals surface area contributed by atoms with Gasteiger partial charge < -0.3 is 9.80 Å². The number of nitrogens with zero attached hydrogens (tertiary/aromatic N) is 2. The van der Waals surface area contributed by atoms with E-state index >= 15 is 0 Å². The van der Waals surface area contributed by atoms with Crippen molar-refractivity contribution >= 4 is 22.7 Å². The van der Waals surface area contributed by atoms with Crippen LogP contribution < -0.4 is 9.80 Å². The summed E-state index contributed by atoms with van der Waals surface area (Å²) >= 11 is 0. The molecule has 34 heavy (non-hydrogen) atoms. The van der Waals surface area contributed by atoms with E-state index in [-0.39, 0.29) is 11.6 Å². The quantitative estimate of drug-likeness (QED) is 0.380. The van der Waals surface area contributed by atoms with Gasteiger partial charge in [-0.25, -0.2) is 0 Å². The monoisotopic (exact) mass is 464 g/mol. The fourth-order valence-electron chi connectivity index (χ4n) is 6.57. The van der Waals surface area contributed by atoms with Gasteiger partial charge in [-0.15, -0.1) is 0 Å². The first-order valence-corrected chi connectivity index (χ1v) is 12.2. The number of hydrogen-bond donors (Lipinski definition) is 0. The first-order chi connectivity index (χ1) is 16.3. The van der Waals surface area contributed by atoms with Crippen molar-refractivity contribution in [2.24, 2.45) is 5.41 Å². The van der Waals surface area contributed by atoms with Crippen LogP contribution in [0.15, 0.2) is 66.7 Å². The van der Waals surface area contributed by atoms with Gasteiger partial charge >= 0.3 is 6.18 Å². The number of fused-ring (bicyclic) bond motifs is 5. The molecule has 0 spiro atoms. The highest BCUT2D eigenvalue weighted by Crippen LogP contribution is 2.63. The minimum atomic E-state index is -4.40. The van der Waals surface area contributed by atoms with Crippen molar-refractivity contribution in [3.8, 4) is 0 Å². The summed E-state index contributed by atoms with van der Waals surface area (Å²) in [5.41, 5.74) is 5.15. The lowest BCUT2D eigenvalue weighted by molar-refractivity contribution is -0.137. The molecule has 0 saturated carbocycles. The van der Waals surface area contributed by atoms with Crippen molar-refractivity contribution in [3.05, 3.63) is 83.4 Å². The highest BCUT2D eigenvalue weighted by atomic mass is 19.4. The summed E-state index contributed by atoms with van der Waals surface area (Å²) in [7, 11) is 0. The fourth-order valence-corrected chi connectivity index (χ4v) is 6.57. The van der Waals surface area contributed by atoms with Gasteiger partial charge in [0.15, 0.2) is 0 Å². The number of rotatable bonds is 4. The maximum atomic E-state index is 13.8. The number of aryl methyl sites for hydroxylation is 1. The Labute approximate surface area is 200 Å². The van der Waals surface area contributed by atoms with Crippen molar-refractivity contribution in [2.75, 3.05) is 9.80 Å². The van der Waals surface area contributed by atoms with Crippen LogP contribution in [0.2, 0.25) is 0 Å². The zero-order valence-corrected chi connectivity index (χ0v) is 20.2. The third kappa shape index (κ3) is 3.09. The van der Waals surface area contributed by atoms with Gasteiger partial charge in [0.2, 0.25) is 0 Å². The van der Waals surface area contributed by atoms with Crippen molar-refractivity contribution in [1.82, 2.24) is 0 Å². The normalized spacial score (nSPS) is 20.7. The Balaban J connectivity index is 1.87. The molecule has 0 amide bonds. The minimum Gasteiger partial charge on any atom is -0.317 e. The molecule has 178 valence electrons. The van der Waals surface area contributed by atoms with Gasteiger partial charge in [-0.2, -0.15) is 13.2 Å². The van der Waals surface area contributed by atoms with Gasteiger partial charge in [0.05, 0.1) is 16.9 Å². The molecule has 2 unspecified atom stereocenters. The lowest BCUT2D eigenvalue weighted by Gasteiger charge is -2.55. The van der Waals surface area contributed by atoms with Crippen LogP contribution in [-0.2, 0) is 6.18 Å². The van der Waals surface area contributed by atoms with Gasteiger partial charge in [-0.3, -0.25) is 0 Å². The molecule has 3 aromatic rings. The molecule has 2 heterocycles. The molecule has 2 aliphatic rings. The zero-order valence-electron chi connectivity index (χ0n) is 20.2. The molecule has 0 N–H and O–H groups in total. The van der Waals surface area contributed by atoms with E-state index in [2.05, 4.69) is 48.8 Å². The molecule has 2 aliphatic heterocycles. The molecule has 0 saturated heterocycles. The number of alkyl halides is 3. The van der Waals surface area contributed by atoms with E-state index < -0.39 is 11.7 Å². The number of anilines is 4. The van der Waals surface area contributed by atoms with Crippen molar-refractivity contribution in [3.63, 3.8) is 0 Å². The van der Waals surface area contributed by atoms with E-state index in [0.717, 1.165) is 41.9 Å². The number of benzene rings is 3. The van der Waals surface area contributed by atoms with Gasteiger partial charge in [-0.1, -0.05) is 57.2 Å². The molecule has 5 heteroatoms. The molecule has 5 rings (SSSR count). The third-order valence-corrected chi connectivity index (χ3v) is 8.19. The predicted octanol–water partition coefficient (Wildman–Crippen LogP) is 8.94. The molecule has 0 bridgehead atoms. The van der Waals surface area contributed by atoms with Crippen LogP contribution in [0.25, 0.3) is 0 Å². The fraction of sp³-hybridized carbons (Fsp3) is 0.379. The lowest BCUT2D eigenvalue weighted by atomic mass is 9.62. The van der Waals surface area contributed by atoms with Gasteiger partial charge in [-0.05, 0) is 73.6 Å². The van der Waals surface area contributed by atoms with E-state index in [1.807, 2.05) is 37.3 Å². The Morgan fingerprint density at radius 2 is 1.38 bits per heavy atom. The van der Waals surface area contributed by atoms with Crippen LogP contribution in [0.4, 0.5) is 35.9 Å². The topological polar surface area (TPSA) is 6.48 Å². The maximum Gasteiger partial charge on any atom is 0.416 e. The van der Waals surface area contributed by atoms with Crippen LogP contribution in [0.3, 0.4) is 0 Å². The second-order valence-corrected chi connectivity index (χ2v) is 9.56. The lowest BCUT2D eigenvalue weighted by Crippen LogP contribution is -2.57. The largest absolute Gasteiger partial charge is 0.416 e. The first kappa shape index (κ1) is 22.8. The van der Waals surface area contributed by atoms with Crippen molar-refractivity contribution < 1.29 is 13.2 Å². The molecule has 3 aromatic carbocycles. The van der Waals surface area contributed by atoms with Crippen LogP contribution >= 0.6 is 0 Å². The van der Waals surface area contributed by atoms with Gasteiger partial charge in [0.1, 0.15) is 6.17 Å². The average Bonchev–Trinajstić information content (AvgIpc) is 3.18. The number of para-hydroxylation sites is 2. The Morgan fingerprint density at radius 1 is 0.765 bits per heavy atom. The summed E-state index contributed by atoms with van der Waals surface area (Å²) in [5.74, 6) is 0.308. The predicted molar refractivity (Wildman–Crippen MR) is 133 cm³/mol. The summed E-state index contributed by atoms with van der Waals surface area (Å²) < 4.78 is 41.5. The number of hydrogen-bond acceptors (Lipinski definition) is 2. The molecule has 0 aromatic heterocycles. The Hall–Kier alpha value is -2.95. The second-order valence-electron chi connectivity index (χ2n) is 9.56. The molecule has 0 aliphatic carbocycles. The standard InChI is InChI=1S/C29H31F3N2/c1-5-22-21-13-9-11-15-24(21)34-25-17-16-20(29(30,31)32)18-26(25)33(23-14-10-8-12-19(23)4)27(34)28(22,6-2)7-3/h8-18,22,27H,5-7H2,1-4H3. The van der Waals surface area contributed by atoms with E-state index in [4.69, 9.17) is 0 Å². The third-order valence-electron chi connectivity index (χ3n) is 8.19. The van der Waals surface area contributed by atoms with E-state index in [1.54, 1.807) is 6.07 Å². The highest BCUT2D eigenvalue weighted by molar-refractivity contribution is 5.91. The Kier molecular flexibility index (Phi) is 5.42. The molecular weight excluding hydrogens is 433 g/mol. The maximum absolute atomic E-state index is 13.8. The van der Waals surface area contributed by atoms with E-state index in [9.17, 15) is 13.2 Å². The molecule has 2 nitrogen and oxygen atoms in total. The van der Waals surface area contributed by atoms with Crippen molar-refractivity contribution in [1.29, 1.82) is 0 Å². The average molecular weight is 465 g/mol. The summed E-state index contributed by atoms with van der Waals surface area (Å²) in [5, 5.41) is 0. The van der Waals surface area contributed by atoms with Crippen LogP contribution in [0.5, 0.6) is 0 Å². The second kappa shape index (κ2) is 8.07. The minimum absolute atomic E-state index is 0.109. The van der Waals surface area contributed by atoms with Gasteiger partial charge in [0.25, 0.3) is 0 Å². The van der Waals surface area contributed by atoms with Gasteiger partial charge in [0, 0.05) is 16.8 Å². The Bertz CT molecular complexity index is 1210.